The van der Waals surface area contributed by atoms with Crippen LogP contribution in [0.5, 0.6) is 0 Å². The molecule has 0 aromatic carbocycles. The van der Waals surface area contributed by atoms with E-state index in [0.29, 0.717) is 17.6 Å². The maximum absolute atomic E-state index is 11.7. The average molecular weight is 225 g/mol. The number of hydrogen-bond donors (Lipinski definition) is 1. The summed E-state index contributed by atoms with van der Waals surface area (Å²) < 4.78 is 0. The number of amides is 2. The molecule has 1 rings (SSSR count). The van der Waals surface area contributed by atoms with Crippen LogP contribution in [0, 0.1) is 5.92 Å². The molecular weight excluding hydrogens is 210 g/mol. The summed E-state index contributed by atoms with van der Waals surface area (Å²) in [4.78, 5) is 35.2. The maximum Gasteiger partial charge on any atom is 0.308 e. The molecule has 5 nitrogen and oxygen atoms in total. The van der Waals surface area contributed by atoms with Crippen LogP contribution >= 0.6 is 0 Å². The molecule has 1 N–H and O–H groups in total. The van der Waals surface area contributed by atoms with Gasteiger partial charge in [0.1, 0.15) is 0 Å². The van der Waals surface area contributed by atoms with Gasteiger partial charge in [0.05, 0.1) is 5.92 Å². The first-order chi connectivity index (χ1) is 7.40. The number of carbonyl (C=O) groups is 3. The maximum atomic E-state index is 11.7. The Balaban J connectivity index is 2.82. The first-order valence-corrected chi connectivity index (χ1v) is 5.16. The van der Waals surface area contributed by atoms with Gasteiger partial charge >= 0.3 is 5.97 Å². The van der Waals surface area contributed by atoms with E-state index in [4.69, 9.17) is 5.11 Å². The molecule has 1 unspecified atom stereocenters. The van der Waals surface area contributed by atoms with Crippen LogP contribution in [0.1, 0.15) is 27.2 Å². The van der Waals surface area contributed by atoms with E-state index in [1.165, 1.54) is 0 Å². The van der Waals surface area contributed by atoms with Crippen molar-refractivity contribution in [1.29, 1.82) is 0 Å². The summed E-state index contributed by atoms with van der Waals surface area (Å²) in [6.07, 6.45) is 0.393. The minimum absolute atomic E-state index is 0.0435. The summed E-state index contributed by atoms with van der Waals surface area (Å²) >= 11 is 0. The van der Waals surface area contributed by atoms with Crippen LogP contribution in [-0.2, 0) is 14.4 Å². The van der Waals surface area contributed by atoms with E-state index >= 15 is 0 Å². The van der Waals surface area contributed by atoms with Gasteiger partial charge in [-0.05, 0) is 20.3 Å². The van der Waals surface area contributed by atoms with Gasteiger partial charge in [-0.25, -0.2) is 0 Å². The number of carboxylic acids is 1. The van der Waals surface area contributed by atoms with Gasteiger partial charge in [-0.3, -0.25) is 19.3 Å². The molecule has 0 fully saturated rings. The highest BCUT2D eigenvalue weighted by Gasteiger charge is 2.35. The van der Waals surface area contributed by atoms with Crippen molar-refractivity contribution in [2.75, 3.05) is 6.54 Å². The van der Waals surface area contributed by atoms with Crippen molar-refractivity contribution in [2.45, 2.75) is 27.2 Å². The Morgan fingerprint density at radius 1 is 1.25 bits per heavy atom. The zero-order valence-corrected chi connectivity index (χ0v) is 9.61. The summed E-state index contributed by atoms with van der Waals surface area (Å²) in [5, 5.41) is 8.88. The summed E-state index contributed by atoms with van der Waals surface area (Å²) in [5.74, 6) is -2.42. The molecule has 1 heterocycles. The van der Waals surface area contributed by atoms with Crippen molar-refractivity contribution in [3.8, 4) is 0 Å². The first kappa shape index (κ1) is 12.4. The van der Waals surface area contributed by atoms with E-state index in [-0.39, 0.29) is 18.4 Å². The van der Waals surface area contributed by atoms with E-state index in [0.717, 1.165) is 4.90 Å². The highest BCUT2D eigenvalue weighted by atomic mass is 16.4. The smallest absolute Gasteiger partial charge is 0.308 e. The highest BCUT2D eigenvalue weighted by Crippen LogP contribution is 2.21. The highest BCUT2D eigenvalue weighted by molar-refractivity contribution is 6.18. The number of carbonyl (C=O) groups excluding carboxylic acids is 2. The number of hydrogen-bond acceptors (Lipinski definition) is 3. The SMILES string of the molecule is CCC(CN1C(=O)C(C)=C(C)C1=O)C(=O)O. The van der Waals surface area contributed by atoms with Crippen molar-refractivity contribution < 1.29 is 19.5 Å². The van der Waals surface area contributed by atoms with Crippen LogP contribution in [-0.4, -0.2) is 34.3 Å². The van der Waals surface area contributed by atoms with E-state index < -0.39 is 11.9 Å². The van der Waals surface area contributed by atoms with Crippen LogP contribution in [0.25, 0.3) is 0 Å². The number of rotatable bonds is 4. The quantitative estimate of drug-likeness (QED) is 0.718. The standard InChI is InChI=1S/C11H15NO4/c1-4-8(11(15)16)5-12-9(13)6(2)7(3)10(12)14/h8H,4-5H2,1-3H3,(H,15,16). The fourth-order valence-corrected chi connectivity index (χ4v) is 1.59. The Bertz CT molecular complexity index is 359. The fourth-order valence-electron chi connectivity index (χ4n) is 1.59. The van der Waals surface area contributed by atoms with Crippen molar-refractivity contribution in [2.24, 2.45) is 5.92 Å². The van der Waals surface area contributed by atoms with E-state index in [1.807, 2.05) is 0 Å². The Morgan fingerprint density at radius 3 is 2.00 bits per heavy atom. The predicted octanol–water partition coefficient (Wildman–Crippen LogP) is 0.802. The lowest BCUT2D eigenvalue weighted by Crippen LogP contribution is -2.38. The van der Waals surface area contributed by atoms with Gasteiger partial charge in [-0.1, -0.05) is 6.92 Å². The fraction of sp³-hybridized carbons (Fsp3) is 0.545. The zero-order valence-electron chi connectivity index (χ0n) is 9.61. The molecule has 1 aliphatic heterocycles. The van der Waals surface area contributed by atoms with Gasteiger partial charge in [0.15, 0.2) is 0 Å². The molecule has 0 aromatic rings. The van der Waals surface area contributed by atoms with Gasteiger partial charge in [0.25, 0.3) is 11.8 Å². The summed E-state index contributed by atoms with van der Waals surface area (Å²) in [5.41, 5.74) is 0.815. The molecule has 0 saturated carbocycles. The predicted molar refractivity (Wildman–Crippen MR) is 56.5 cm³/mol. The third-order valence-electron chi connectivity index (χ3n) is 2.94. The molecule has 0 aromatic heterocycles. The monoisotopic (exact) mass is 225 g/mol. The molecule has 0 saturated heterocycles. The molecule has 0 aliphatic carbocycles. The average Bonchev–Trinajstić information content (AvgIpc) is 2.41. The van der Waals surface area contributed by atoms with E-state index in [2.05, 4.69) is 0 Å². The van der Waals surface area contributed by atoms with Gasteiger partial charge in [0.2, 0.25) is 0 Å². The molecule has 0 bridgehead atoms. The molecule has 0 spiro atoms. The van der Waals surface area contributed by atoms with E-state index in [1.54, 1.807) is 20.8 Å². The number of carboxylic acid groups (broad SMARTS) is 1. The Kier molecular flexibility index (Phi) is 3.47. The lowest BCUT2D eigenvalue weighted by molar-refractivity contribution is -0.145. The molecule has 1 atom stereocenters. The lowest BCUT2D eigenvalue weighted by Gasteiger charge is -2.18. The molecular formula is C11H15NO4. The van der Waals surface area contributed by atoms with Crippen molar-refractivity contribution in [3.05, 3.63) is 11.1 Å². The van der Waals surface area contributed by atoms with Crippen LogP contribution in [0.3, 0.4) is 0 Å². The van der Waals surface area contributed by atoms with Crippen LogP contribution in [0.2, 0.25) is 0 Å². The van der Waals surface area contributed by atoms with Crippen molar-refractivity contribution >= 4 is 17.8 Å². The topological polar surface area (TPSA) is 74.7 Å². The third-order valence-corrected chi connectivity index (χ3v) is 2.94. The lowest BCUT2D eigenvalue weighted by atomic mass is 10.1. The zero-order chi connectivity index (χ0) is 12.5. The molecule has 88 valence electrons. The second-order valence-electron chi connectivity index (χ2n) is 3.91. The number of imide groups is 1. The van der Waals surface area contributed by atoms with Gasteiger partial charge in [0, 0.05) is 17.7 Å². The molecule has 5 heteroatoms. The summed E-state index contributed by atoms with van der Waals surface area (Å²) in [7, 11) is 0. The third kappa shape index (κ3) is 1.98. The Labute approximate surface area is 93.7 Å². The second-order valence-corrected chi connectivity index (χ2v) is 3.91. The Hall–Kier alpha value is -1.65. The second kappa shape index (κ2) is 4.47. The minimum atomic E-state index is -0.981. The van der Waals surface area contributed by atoms with Crippen molar-refractivity contribution in [1.82, 2.24) is 4.90 Å². The molecule has 2 amide bonds. The van der Waals surface area contributed by atoms with Gasteiger partial charge < -0.3 is 5.11 Å². The molecule has 1 aliphatic rings. The largest absolute Gasteiger partial charge is 0.481 e. The van der Waals surface area contributed by atoms with Crippen molar-refractivity contribution in [3.63, 3.8) is 0 Å². The van der Waals surface area contributed by atoms with E-state index in [9.17, 15) is 14.4 Å². The van der Waals surface area contributed by atoms with Gasteiger partial charge in [-0.15, -0.1) is 0 Å². The molecule has 16 heavy (non-hydrogen) atoms. The number of nitrogens with zero attached hydrogens (tertiary/aromatic N) is 1. The van der Waals surface area contributed by atoms with Crippen LogP contribution < -0.4 is 0 Å². The number of aliphatic carboxylic acids is 1. The first-order valence-electron chi connectivity index (χ1n) is 5.16. The van der Waals surface area contributed by atoms with Crippen LogP contribution in [0.4, 0.5) is 0 Å². The Morgan fingerprint density at radius 2 is 1.69 bits per heavy atom. The summed E-state index contributed by atoms with van der Waals surface area (Å²) in [6.45, 7) is 4.84. The minimum Gasteiger partial charge on any atom is -0.481 e. The normalized spacial score (nSPS) is 18.3. The van der Waals surface area contributed by atoms with Gasteiger partial charge in [-0.2, -0.15) is 0 Å². The molecule has 0 radical (unpaired) electrons. The van der Waals surface area contributed by atoms with Crippen LogP contribution in [0.15, 0.2) is 11.1 Å². The summed E-state index contributed by atoms with van der Waals surface area (Å²) in [6, 6.07) is 0.